The summed E-state index contributed by atoms with van der Waals surface area (Å²) in [5.41, 5.74) is 0. The molecular formula is CeNaO7S3. The summed E-state index contributed by atoms with van der Waals surface area (Å²) in [4.78, 5) is 0. The van der Waals surface area contributed by atoms with E-state index in [1.165, 1.54) is 0 Å². The maximum Gasteiger partial charge on any atom is 4.00 e. The Labute approximate surface area is 130 Å². The summed E-state index contributed by atoms with van der Waals surface area (Å²) >= 11 is 3.24. The van der Waals surface area contributed by atoms with Crippen molar-refractivity contribution in [3.8, 4) is 0 Å². The summed E-state index contributed by atoms with van der Waals surface area (Å²) in [5, 5.41) is 0. The largest absolute Gasteiger partial charge is 4.00 e. The van der Waals surface area contributed by atoms with Gasteiger partial charge in [-0.05, 0) is 11.2 Å². The molecular weight excluding hydrogens is 371 g/mol. The molecule has 0 fully saturated rings. The van der Waals surface area contributed by atoms with Gasteiger partial charge in [-0.25, -0.2) is 0 Å². The Morgan fingerprint density at radius 1 is 0.917 bits per heavy atom. The Balaban J connectivity index is -0.0000000457. The van der Waals surface area contributed by atoms with Crippen LogP contribution >= 0.6 is 0 Å². The Morgan fingerprint density at radius 3 is 0.917 bits per heavy atom. The monoisotopic (exact) mass is 371 g/mol. The zero-order valence-electron chi connectivity index (χ0n) is 5.58. The van der Waals surface area contributed by atoms with Crippen LogP contribution < -0.4 is 0 Å². The SMILES string of the molecule is O=S(=O)([O-])[O-].O=S([O-])([O-])=S.[Ce+4].[Na]. The van der Waals surface area contributed by atoms with E-state index in [-0.39, 0.29) is 71.3 Å². The minimum absolute atomic E-state index is 0. The number of rotatable bonds is 0. The Morgan fingerprint density at radius 2 is 0.917 bits per heavy atom. The van der Waals surface area contributed by atoms with Gasteiger partial charge in [0.15, 0.2) is 0 Å². The maximum absolute atomic E-state index is 8.89. The van der Waals surface area contributed by atoms with E-state index in [9.17, 15) is 0 Å². The van der Waals surface area contributed by atoms with Gasteiger partial charge in [0.1, 0.15) is 0 Å². The van der Waals surface area contributed by atoms with Crippen LogP contribution in [0, 0.1) is 41.7 Å². The molecule has 12 heavy (non-hydrogen) atoms. The standard InChI is InChI=1S/Ce.Na.H2O4S.H2O3S2/c;;2*1-5(2,3)4/h;;2*(H2,1,2,3,4)/q+4;;;/p-4. The smallest absolute Gasteiger partial charge is 0.780 e. The summed E-state index contributed by atoms with van der Waals surface area (Å²) in [7, 11) is -9.50. The van der Waals surface area contributed by atoms with Crippen molar-refractivity contribution < 1.29 is 72.6 Å². The van der Waals surface area contributed by atoms with Crippen molar-refractivity contribution in [3.05, 3.63) is 0 Å². The first-order chi connectivity index (χ1) is 4.00. The van der Waals surface area contributed by atoms with Crippen LogP contribution in [0.25, 0.3) is 0 Å². The van der Waals surface area contributed by atoms with Crippen LogP contribution in [0.3, 0.4) is 0 Å². The van der Waals surface area contributed by atoms with Gasteiger partial charge in [-0.3, -0.25) is 12.6 Å². The van der Waals surface area contributed by atoms with E-state index in [0.29, 0.717) is 0 Å². The van der Waals surface area contributed by atoms with Gasteiger partial charge < -0.3 is 18.2 Å². The van der Waals surface area contributed by atoms with Crippen LogP contribution in [0.2, 0.25) is 0 Å². The molecule has 0 amide bonds. The molecule has 65 valence electrons. The van der Waals surface area contributed by atoms with Gasteiger partial charge >= 0.3 is 41.7 Å². The molecule has 0 spiro atoms. The van der Waals surface area contributed by atoms with Gasteiger partial charge in [-0.15, -0.1) is 9.05 Å². The van der Waals surface area contributed by atoms with Gasteiger partial charge in [0.25, 0.3) is 0 Å². The number of hydrogen-bond acceptors (Lipinski definition) is 8. The third-order valence-electron chi connectivity index (χ3n) is 0. The maximum atomic E-state index is 8.89. The van der Waals surface area contributed by atoms with Crippen molar-refractivity contribution in [1.82, 2.24) is 0 Å². The quantitative estimate of drug-likeness (QED) is 0.254. The molecule has 7 nitrogen and oxygen atoms in total. The van der Waals surface area contributed by atoms with Crippen LogP contribution in [-0.2, 0) is 30.6 Å². The Kier molecular flexibility index (Phi) is 20.1. The molecule has 0 atom stereocenters. The summed E-state index contributed by atoms with van der Waals surface area (Å²) in [6.07, 6.45) is 0. The summed E-state index contributed by atoms with van der Waals surface area (Å²) < 4.78 is 60.8. The Bertz CT molecular complexity index is 215. The van der Waals surface area contributed by atoms with Crippen LogP contribution in [0.15, 0.2) is 0 Å². The molecule has 0 N–H and O–H groups in total. The first kappa shape index (κ1) is 24.0. The molecule has 12 heteroatoms. The first-order valence-corrected chi connectivity index (χ1v) is 5.00. The van der Waals surface area contributed by atoms with E-state index in [0.717, 1.165) is 0 Å². The van der Waals surface area contributed by atoms with Crippen molar-refractivity contribution in [2.45, 2.75) is 0 Å². The average molecular weight is 371 g/mol. The van der Waals surface area contributed by atoms with Crippen molar-refractivity contribution in [2.24, 2.45) is 0 Å². The third-order valence-corrected chi connectivity index (χ3v) is 0. The minimum atomic E-state index is -5.17. The van der Waals surface area contributed by atoms with Gasteiger partial charge in [-0.1, -0.05) is 0 Å². The van der Waals surface area contributed by atoms with E-state index >= 15 is 0 Å². The summed E-state index contributed by atoms with van der Waals surface area (Å²) in [6.45, 7) is 0. The second-order valence-electron chi connectivity index (χ2n) is 0.816. The fourth-order valence-electron chi connectivity index (χ4n) is 0. The average Bonchev–Trinajstić information content (AvgIpc) is 1.12. The fraction of sp³-hybridized carbons (Fsp3) is 0. The van der Waals surface area contributed by atoms with E-state index in [2.05, 4.69) is 11.2 Å². The molecule has 1 radical (unpaired) electrons. The molecule has 0 aromatic heterocycles. The van der Waals surface area contributed by atoms with Crippen LogP contribution in [0.5, 0.6) is 0 Å². The first-order valence-electron chi connectivity index (χ1n) is 1.33. The van der Waals surface area contributed by atoms with Gasteiger partial charge in [0, 0.05) is 40.0 Å². The van der Waals surface area contributed by atoms with Crippen molar-refractivity contribution in [1.29, 1.82) is 0 Å². The zero-order chi connectivity index (χ0) is 9.00. The molecule has 0 heterocycles. The van der Waals surface area contributed by atoms with E-state index in [1.54, 1.807) is 0 Å². The second kappa shape index (κ2) is 10.1. The van der Waals surface area contributed by atoms with Crippen LogP contribution in [0.4, 0.5) is 0 Å². The third kappa shape index (κ3) is 259. The molecule has 0 aromatic rings. The predicted octanol–water partition coefficient (Wildman–Crippen LogP) is -2.73. The topological polar surface area (TPSA) is 143 Å². The fourth-order valence-corrected chi connectivity index (χ4v) is 0. The van der Waals surface area contributed by atoms with Crippen molar-refractivity contribution >= 4 is 60.2 Å². The molecule has 0 rings (SSSR count). The number of hydrogen-bond donors (Lipinski definition) is 0. The van der Waals surface area contributed by atoms with Crippen molar-refractivity contribution in [2.75, 3.05) is 0 Å². The van der Waals surface area contributed by atoms with Crippen LogP contribution in [-0.4, -0.2) is 60.4 Å². The van der Waals surface area contributed by atoms with Crippen molar-refractivity contribution in [3.63, 3.8) is 0 Å². The molecule has 0 aliphatic rings. The van der Waals surface area contributed by atoms with E-state index in [1.807, 2.05) is 0 Å². The Hall–Kier alpha value is 2.54. The van der Waals surface area contributed by atoms with Gasteiger partial charge in [0.05, 0.1) is 0 Å². The summed E-state index contributed by atoms with van der Waals surface area (Å²) in [6, 6.07) is 0. The molecule has 0 saturated carbocycles. The van der Waals surface area contributed by atoms with Crippen LogP contribution in [0.1, 0.15) is 0 Å². The zero-order valence-corrected chi connectivity index (χ0v) is 13.2. The molecule has 0 saturated heterocycles. The molecule has 0 unspecified atom stereocenters. The minimum Gasteiger partial charge on any atom is -0.780 e. The molecule has 0 aromatic carbocycles. The van der Waals surface area contributed by atoms with Gasteiger partial charge in [0.2, 0.25) is 0 Å². The summed E-state index contributed by atoms with van der Waals surface area (Å²) in [5.74, 6) is 0. The normalized spacial score (nSPS) is 9.67. The molecule has 0 aliphatic carbocycles. The van der Waals surface area contributed by atoms with E-state index in [4.69, 9.17) is 30.8 Å². The molecule has 0 aliphatic heterocycles. The van der Waals surface area contributed by atoms with Gasteiger partial charge in [-0.2, -0.15) is 0 Å². The predicted molar refractivity (Wildman–Crippen MR) is 33.3 cm³/mol. The molecule has 0 bridgehead atoms. The second-order valence-corrected chi connectivity index (χ2v) is 3.67. The van der Waals surface area contributed by atoms with E-state index < -0.39 is 19.5 Å².